The van der Waals surface area contributed by atoms with Crippen molar-refractivity contribution >= 4 is 11.3 Å². The fraction of sp³-hybridized carbons (Fsp3) is 0.111. The normalized spacial score (nSPS) is 9.91. The van der Waals surface area contributed by atoms with E-state index in [-0.39, 0.29) is 0 Å². The molecule has 0 unspecified atom stereocenters. The summed E-state index contributed by atoms with van der Waals surface area (Å²) in [5.41, 5.74) is 3.65. The van der Waals surface area contributed by atoms with Gasteiger partial charge >= 0.3 is 0 Å². The third kappa shape index (κ3) is 3.16. The second-order valence-corrected chi connectivity index (χ2v) is 5.65. The van der Waals surface area contributed by atoms with Crippen molar-refractivity contribution in [1.29, 1.82) is 0 Å². The molecule has 0 aliphatic heterocycles. The predicted octanol–water partition coefficient (Wildman–Crippen LogP) is 3.92. The van der Waals surface area contributed by atoms with E-state index in [0.717, 1.165) is 16.3 Å². The Hall–Kier alpha value is -2.64. The molecule has 0 spiro atoms. The first kappa shape index (κ1) is 14.3. The molecule has 0 aliphatic rings. The zero-order valence-corrected chi connectivity index (χ0v) is 13.1. The number of aromatic nitrogens is 2. The lowest BCUT2D eigenvalue weighted by Crippen LogP contribution is -1.84. The summed E-state index contributed by atoms with van der Waals surface area (Å²) in [5.74, 6) is 6.21. The van der Waals surface area contributed by atoms with Crippen molar-refractivity contribution in [3.8, 4) is 27.6 Å². The van der Waals surface area contributed by atoms with Crippen LogP contribution in [0.1, 0.15) is 16.8 Å². The zero-order valence-electron chi connectivity index (χ0n) is 12.3. The van der Waals surface area contributed by atoms with Gasteiger partial charge in [0.15, 0.2) is 5.69 Å². The number of rotatable bonds is 2. The van der Waals surface area contributed by atoms with Crippen molar-refractivity contribution in [3.05, 3.63) is 65.5 Å². The molecule has 4 heteroatoms. The van der Waals surface area contributed by atoms with Gasteiger partial charge in [-0.1, -0.05) is 41.0 Å². The molecule has 0 fully saturated rings. The third-order valence-electron chi connectivity index (χ3n) is 3.04. The molecule has 22 heavy (non-hydrogen) atoms. The summed E-state index contributed by atoms with van der Waals surface area (Å²) < 4.78 is 5.38. The van der Waals surface area contributed by atoms with E-state index < -0.39 is 0 Å². The minimum atomic E-state index is 0.647. The maximum absolute atomic E-state index is 5.38. The average molecular weight is 306 g/mol. The van der Waals surface area contributed by atoms with Crippen LogP contribution in [-0.2, 0) is 0 Å². The van der Waals surface area contributed by atoms with Crippen molar-refractivity contribution < 1.29 is 4.74 Å². The van der Waals surface area contributed by atoms with E-state index in [9.17, 15) is 0 Å². The number of hydrogen-bond acceptors (Lipinski definition) is 4. The molecule has 108 valence electrons. The Kier molecular flexibility index (Phi) is 4.17. The van der Waals surface area contributed by atoms with Crippen LogP contribution in [0.4, 0.5) is 0 Å². The van der Waals surface area contributed by atoms with Crippen LogP contribution in [0.3, 0.4) is 0 Å². The standard InChI is InChI=1S/C18H14N2OS/c1-13-6-8-14(9-7-13)10-11-16-18(21-2)22-17(20-16)15-5-3-4-12-19-15/h3-9,12H,1-2H3. The van der Waals surface area contributed by atoms with Crippen molar-refractivity contribution in [2.45, 2.75) is 6.92 Å². The fourth-order valence-corrected chi connectivity index (χ4v) is 2.71. The molecule has 0 N–H and O–H groups in total. The van der Waals surface area contributed by atoms with E-state index in [4.69, 9.17) is 4.74 Å². The summed E-state index contributed by atoms with van der Waals surface area (Å²) in [4.78, 5) is 8.85. The van der Waals surface area contributed by atoms with E-state index in [1.807, 2.05) is 42.5 Å². The molecule has 1 aromatic carbocycles. The second kappa shape index (κ2) is 6.42. The molecule has 3 nitrogen and oxygen atoms in total. The Morgan fingerprint density at radius 1 is 1.05 bits per heavy atom. The Morgan fingerprint density at radius 3 is 2.55 bits per heavy atom. The van der Waals surface area contributed by atoms with E-state index in [2.05, 4.69) is 28.7 Å². The average Bonchev–Trinajstić information content (AvgIpc) is 2.98. The summed E-state index contributed by atoms with van der Waals surface area (Å²) in [7, 11) is 1.63. The number of pyridine rings is 1. The Labute approximate surface area is 133 Å². The smallest absolute Gasteiger partial charge is 0.210 e. The Balaban J connectivity index is 1.94. The van der Waals surface area contributed by atoms with Gasteiger partial charge in [-0.3, -0.25) is 4.98 Å². The first-order valence-corrected chi connectivity index (χ1v) is 7.63. The highest BCUT2D eigenvalue weighted by molar-refractivity contribution is 7.17. The van der Waals surface area contributed by atoms with Gasteiger partial charge in [-0.2, -0.15) is 0 Å². The molecule has 0 saturated carbocycles. The Morgan fingerprint density at radius 2 is 1.86 bits per heavy atom. The highest BCUT2D eigenvalue weighted by Gasteiger charge is 2.12. The largest absolute Gasteiger partial charge is 0.485 e. The van der Waals surface area contributed by atoms with Crippen LogP contribution in [-0.4, -0.2) is 17.1 Å². The van der Waals surface area contributed by atoms with Crippen molar-refractivity contribution in [3.63, 3.8) is 0 Å². The number of aryl methyl sites for hydroxylation is 1. The molecule has 3 rings (SSSR count). The van der Waals surface area contributed by atoms with Gasteiger partial charge in [-0.05, 0) is 37.1 Å². The highest BCUT2D eigenvalue weighted by Crippen LogP contribution is 2.32. The van der Waals surface area contributed by atoms with Gasteiger partial charge in [0.25, 0.3) is 0 Å². The summed E-state index contributed by atoms with van der Waals surface area (Å²) in [6.45, 7) is 2.06. The third-order valence-corrected chi connectivity index (χ3v) is 4.08. The zero-order chi connectivity index (χ0) is 15.4. The monoisotopic (exact) mass is 306 g/mol. The summed E-state index contributed by atoms with van der Waals surface area (Å²) in [6, 6.07) is 13.8. The maximum Gasteiger partial charge on any atom is 0.210 e. The van der Waals surface area contributed by atoms with E-state index in [1.54, 1.807) is 13.3 Å². The molecule has 3 aromatic rings. The van der Waals surface area contributed by atoms with Gasteiger partial charge in [-0.15, -0.1) is 0 Å². The van der Waals surface area contributed by atoms with E-state index in [1.165, 1.54) is 16.9 Å². The van der Waals surface area contributed by atoms with Crippen LogP contribution in [0, 0.1) is 18.8 Å². The number of thiazole rings is 1. The number of hydrogen-bond donors (Lipinski definition) is 0. The highest BCUT2D eigenvalue weighted by atomic mass is 32.1. The first-order chi connectivity index (χ1) is 10.8. The molecule has 0 bridgehead atoms. The fourth-order valence-electron chi connectivity index (χ4n) is 1.89. The first-order valence-electron chi connectivity index (χ1n) is 6.81. The topological polar surface area (TPSA) is 35.0 Å². The van der Waals surface area contributed by atoms with Gasteiger partial charge in [0, 0.05) is 11.8 Å². The SMILES string of the molecule is COc1sc(-c2ccccn2)nc1C#Cc1ccc(C)cc1. The van der Waals surface area contributed by atoms with Gasteiger partial charge in [0.05, 0.1) is 12.8 Å². The van der Waals surface area contributed by atoms with Gasteiger partial charge < -0.3 is 4.74 Å². The van der Waals surface area contributed by atoms with Crippen molar-refractivity contribution in [1.82, 2.24) is 9.97 Å². The van der Waals surface area contributed by atoms with E-state index in [0.29, 0.717) is 10.8 Å². The van der Waals surface area contributed by atoms with Crippen molar-refractivity contribution in [2.24, 2.45) is 0 Å². The molecule has 0 aliphatic carbocycles. The van der Waals surface area contributed by atoms with Crippen LogP contribution in [0.5, 0.6) is 5.06 Å². The molecule has 0 atom stereocenters. The van der Waals surface area contributed by atoms with Gasteiger partial charge in [0.1, 0.15) is 5.01 Å². The lowest BCUT2D eigenvalue weighted by molar-refractivity contribution is 0.425. The predicted molar refractivity (Wildman–Crippen MR) is 89.1 cm³/mol. The molecule has 2 aromatic heterocycles. The van der Waals surface area contributed by atoms with Crippen LogP contribution >= 0.6 is 11.3 Å². The lowest BCUT2D eigenvalue weighted by atomic mass is 10.1. The second-order valence-electron chi connectivity index (χ2n) is 4.69. The summed E-state index contributed by atoms with van der Waals surface area (Å²) >= 11 is 1.45. The molecular weight excluding hydrogens is 292 g/mol. The summed E-state index contributed by atoms with van der Waals surface area (Å²) in [6.07, 6.45) is 1.75. The molecule has 0 saturated heterocycles. The van der Waals surface area contributed by atoms with Crippen LogP contribution < -0.4 is 4.74 Å². The van der Waals surface area contributed by atoms with E-state index >= 15 is 0 Å². The molecule has 2 heterocycles. The van der Waals surface area contributed by atoms with Crippen LogP contribution in [0.15, 0.2) is 48.7 Å². The number of benzene rings is 1. The maximum atomic E-state index is 5.38. The quantitative estimate of drug-likeness (QED) is 0.673. The minimum absolute atomic E-state index is 0.647. The Bertz CT molecular complexity index is 827. The van der Waals surface area contributed by atoms with Crippen molar-refractivity contribution in [2.75, 3.05) is 7.11 Å². The summed E-state index contributed by atoms with van der Waals surface area (Å²) in [5, 5.41) is 1.52. The van der Waals surface area contributed by atoms with Gasteiger partial charge in [0.2, 0.25) is 5.06 Å². The molecule has 0 amide bonds. The molecular formula is C18H14N2OS. The van der Waals surface area contributed by atoms with Gasteiger partial charge in [-0.25, -0.2) is 4.98 Å². The number of nitrogens with zero attached hydrogens (tertiary/aromatic N) is 2. The number of ether oxygens (including phenoxy) is 1. The lowest BCUT2D eigenvalue weighted by Gasteiger charge is -1.93. The van der Waals surface area contributed by atoms with Crippen LogP contribution in [0.25, 0.3) is 10.7 Å². The van der Waals surface area contributed by atoms with Crippen LogP contribution in [0.2, 0.25) is 0 Å². The molecule has 0 radical (unpaired) electrons. The minimum Gasteiger partial charge on any atom is -0.485 e. The number of methoxy groups -OCH3 is 1.